The monoisotopic (exact) mass is 851 g/mol. The summed E-state index contributed by atoms with van der Waals surface area (Å²) >= 11 is 1.45. The van der Waals surface area contributed by atoms with Gasteiger partial charge in [0, 0.05) is 41.3 Å². The number of thiazole rings is 1. The number of pyridine rings is 1. The van der Waals surface area contributed by atoms with Crippen LogP contribution in [-0.2, 0) is 29.1 Å². The summed E-state index contributed by atoms with van der Waals surface area (Å²) in [6.45, 7) is 4.03. The number of carbonyl (C=O) groups is 4. The van der Waals surface area contributed by atoms with Gasteiger partial charge >= 0.3 is 6.09 Å². The van der Waals surface area contributed by atoms with E-state index >= 15 is 0 Å². The number of benzene rings is 1. The van der Waals surface area contributed by atoms with Gasteiger partial charge < -0.3 is 35.1 Å². The van der Waals surface area contributed by atoms with Crippen molar-refractivity contribution < 1.29 is 41.8 Å². The molecule has 7 rings (SSSR count). The van der Waals surface area contributed by atoms with Gasteiger partial charge in [0.05, 0.1) is 31.1 Å². The molecule has 4 amide bonds. The molecule has 1 saturated heterocycles. The molecule has 0 radical (unpaired) electrons. The van der Waals surface area contributed by atoms with Crippen molar-refractivity contribution in [2.24, 2.45) is 5.92 Å². The van der Waals surface area contributed by atoms with Crippen molar-refractivity contribution in [3.8, 4) is 22.9 Å². The van der Waals surface area contributed by atoms with Gasteiger partial charge in [-0.05, 0) is 77.3 Å². The molecule has 0 spiro atoms. The summed E-state index contributed by atoms with van der Waals surface area (Å²) in [6, 6.07) is 5.27. The second-order valence-corrected chi connectivity index (χ2v) is 18.9. The molecule has 5 atom stereocenters. The van der Waals surface area contributed by atoms with Gasteiger partial charge in [-0.15, -0.1) is 11.3 Å². The summed E-state index contributed by atoms with van der Waals surface area (Å²) in [6.07, 6.45) is 9.93. The number of sulfonamides is 1. The number of allylic oxidation sites excluding steroid dienone is 1. The fourth-order valence-corrected chi connectivity index (χ4v) is 9.55. The summed E-state index contributed by atoms with van der Waals surface area (Å²) in [4.78, 5) is 67.0. The molecule has 1 aromatic carbocycles. The van der Waals surface area contributed by atoms with Crippen LogP contribution in [0.2, 0.25) is 0 Å². The molecule has 4 N–H and O–H groups in total. The van der Waals surface area contributed by atoms with Crippen molar-refractivity contribution in [3.63, 3.8) is 0 Å². The minimum absolute atomic E-state index is 0.0207. The van der Waals surface area contributed by atoms with E-state index in [2.05, 4.69) is 20.7 Å². The number of hydrogen-bond acceptors (Lipinski definition) is 13. The number of methoxy groups -OCH3 is 1. The van der Waals surface area contributed by atoms with Crippen LogP contribution in [0.1, 0.15) is 84.5 Å². The maximum Gasteiger partial charge on any atom is 0.408 e. The highest BCUT2D eigenvalue weighted by Gasteiger charge is 2.61. The van der Waals surface area contributed by atoms with Crippen molar-refractivity contribution in [2.75, 3.05) is 25.2 Å². The number of fused-ring (bicyclic) bond motifs is 3. The lowest BCUT2D eigenvalue weighted by atomic mass is 10.0. The molecule has 318 valence electrons. The number of anilines is 1. The fraction of sp³-hybridized carbons (Fsp3) is 0.561. The lowest BCUT2D eigenvalue weighted by molar-refractivity contribution is -0.141. The highest BCUT2D eigenvalue weighted by atomic mass is 32.2. The molecular formula is C41H53N7O9S2. The number of amides is 4. The predicted molar refractivity (Wildman–Crippen MR) is 223 cm³/mol. The summed E-state index contributed by atoms with van der Waals surface area (Å²) in [5, 5.41) is 12.3. The van der Waals surface area contributed by atoms with Gasteiger partial charge in [-0.2, -0.15) is 0 Å². The van der Waals surface area contributed by atoms with Gasteiger partial charge in [-0.25, -0.2) is 23.2 Å². The van der Waals surface area contributed by atoms with E-state index in [0.717, 1.165) is 49.9 Å². The average Bonchev–Trinajstić information content (AvgIpc) is 3.61. The second kappa shape index (κ2) is 17.7. The predicted octanol–water partition coefficient (Wildman–Crippen LogP) is 5.04. The topological polar surface area (TPSA) is 207 Å². The van der Waals surface area contributed by atoms with Crippen LogP contribution in [0.4, 0.5) is 9.93 Å². The van der Waals surface area contributed by atoms with Gasteiger partial charge in [0.15, 0.2) is 5.13 Å². The van der Waals surface area contributed by atoms with Crippen molar-refractivity contribution in [1.82, 2.24) is 30.2 Å². The molecule has 2 aromatic heterocycles. The van der Waals surface area contributed by atoms with Gasteiger partial charge in [-0.3, -0.25) is 19.1 Å². The summed E-state index contributed by atoms with van der Waals surface area (Å²) < 4.78 is 44.4. The Balaban J connectivity index is 1.22. The Labute approximate surface area is 348 Å². The molecule has 59 heavy (non-hydrogen) atoms. The number of aromatic nitrogens is 2. The number of carbonyl (C=O) groups excluding carboxylic acids is 4. The third-order valence-corrected chi connectivity index (χ3v) is 12.6. The van der Waals surface area contributed by atoms with Crippen molar-refractivity contribution >= 4 is 61.2 Å². The van der Waals surface area contributed by atoms with Crippen molar-refractivity contribution in [2.45, 2.75) is 120 Å². The van der Waals surface area contributed by atoms with Gasteiger partial charge in [-0.1, -0.05) is 25.0 Å². The molecule has 4 heterocycles. The zero-order valence-corrected chi connectivity index (χ0v) is 35.5. The van der Waals surface area contributed by atoms with Crippen LogP contribution in [-0.4, -0.2) is 103 Å². The minimum Gasteiger partial charge on any atom is -0.497 e. The van der Waals surface area contributed by atoms with Crippen LogP contribution in [0.15, 0.2) is 41.8 Å². The van der Waals surface area contributed by atoms with Gasteiger partial charge in [0.25, 0.3) is 5.91 Å². The third kappa shape index (κ3) is 10.1. The molecule has 3 aromatic rings. The molecule has 0 bridgehead atoms. The average molecular weight is 852 g/mol. The number of rotatable bonds is 10. The zero-order valence-electron chi connectivity index (χ0n) is 33.8. The molecule has 18 heteroatoms. The van der Waals surface area contributed by atoms with Gasteiger partial charge in [0.2, 0.25) is 21.8 Å². The SMILES string of the molecule is COc1ccc2c(O[C@@H]3C[C@H]4C(=O)N[C@]5(C(=O)NS(C)(=O)=O)C[C@H]5C=CCCCCC[C@H](NC(=O)OC5CCCC5)C(=O)N4C3)cc(-c3csc(NC(C)C)n3)nc2c1. The Bertz CT molecular complexity index is 2210. The molecular weight excluding hydrogens is 799 g/mol. The number of hydrogen-bond donors (Lipinski definition) is 4. The van der Waals surface area contributed by atoms with Crippen LogP contribution in [0, 0.1) is 5.92 Å². The van der Waals surface area contributed by atoms with E-state index in [-0.39, 0.29) is 31.5 Å². The lowest BCUT2D eigenvalue weighted by Gasteiger charge is -2.30. The van der Waals surface area contributed by atoms with E-state index in [1.54, 1.807) is 25.3 Å². The van der Waals surface area contributed by atoms with Crippen LogP contribution in [0.5, 0.6) is 11.5 Å². The van der Waals surface area contributed by atoms with Crippen molar-refractivity contribution in [1.29, 1.82) is 0 Å². The largest absolute Gasteiger partial charge is 0.497 e. The molecule has 0 unspecified atom stereocenters. The molecule has 2 aliphatic heterocycles. The molecule has 2 aliphatic carbocycles. The number of nitrogens with zero attached hydrogens (tertiary/aromatic N) is 3. The van der Waals surface area contributed by atoms with Crippen molar-refractivity contribution in [3.05, 3.63) is 41.8 Å². The third-order valence-electron chi connectivity index (χ3n) is 11.2. The smallest absolute Gasteiger partial charge is 0.408 e. The Kier molecular flexibility index (Phi) is 12.7. The first-order chi connectivity index (χ1) is 28.2. The van der Waals surface area contributed by atoms with E-state index in [1.165, 1.54) is 16.2 Å². The number of alkyl carbamates (subject to hydrolysis) is 1. The highest BCUT2D eigenvalue weighted by molar-refractivity contribution is 7.89. The Morgan fingerprint density at radius 2 is 1.80 bits per heavy atom. The zero-order chi connectivity index (χ0) is 41.9. The Hall–Kier alpha value is -4.97. The maximum absolute atomic E-state index is 14.7. The standard InChI is InChI=1S/C41H53N7O9S2/c1-24(2)42-39-44-33(23-58-39)32-20-35(29-17-16-27(55-3)18-31(29)43-32)56-28-19-34-36(49)46-41(38(51)47-59(4,53)54)21-25(41)12-8-6-5-7-9-15-30(37(50)48(34)22-28)45-40(52)57-26-13-10-11-14-26/h8,12,16-18,20,23-26,28,30,34H,5-7,9-11,13-15,19,21-22H2,1-4H3,(H,42,44)(H,45,52)(H,46,49)(H,47,51)/t25-,28-,30+,34+,41-/m1/s1. The summed E-state index contributed by atoms with van der Waals surface area (Å²) in [7, 11) is -2.38. The van der Waals surface area contributed by atoms with E-state index in [1.807, 2.05) is 37.4 Å². The normalized spacial score (nSPS) is 25.3. The van der Waals surface area contributed by atoms with E-state index < -0.39 is 63.5 Å². The second-order valence-electron chi connectivity index (χ2n) is 16.3. The molecule has 16 nitrogen and oxygen atoms in total. The Morgan fingerprint density at radius 3 is 2.54 bits per heavy atom. The molecule has 2 saturated carbocycles. The van der Waals surface area contributed by atoms with Gasteiger partial charge in [0.1, 0.15) is 47.0 Å². The van der Waals surface area contributed by atoms with Crippen LogP contribution in [0.3, 0.4) is 0 Å². The first-order valence-corrected chi connectivity index (χ1v) is 23.1. The summed E-state index contributed by atoms with van der Waals surface area (Å²) in [5.74, 6) is -1.36. The van der Waals surface area contributed by atoms with E-state index in [4.69, 9.17) is 24.2 Å². The highest BCUT2D eigenvalue weighted by Crippen LogP contribution is 2.46. The van der Waals surface area contributed by atoms with Crippen LogP contribution >= 0.6 is 11.3 Å². The maximum atomic E-state index is 14.7. The van der Waals surface area contributed by atoms with E-state index in [0.29, 0.717) is 53.1 Å². The lowest BCUT2D eigenvalue weighted by Crippen LogP contribution is -2.58. The molecule has 4 aliphatic rings. The first kappa shape index (κ1) is 42.2. The van der Waals surface area contributed by atoms with E-state index in [9.17, 15) is 27.6 Å². The quantitative estimate of drug-likeness (QED) is 0.198. The first-order valence-electron chi connectivity index (χ1n) is 20.4. The number of nitrogens with one attached hydrogen (secondary N) is 4. The fourth-order valence-electron chi connectivity index (χ4n) is 8.17. The molecule has 3 fully saturated rings. The van der Waals surface area contributed by atoms with Crippen LogP contribution in [0.25, 0.3) is 22.3 Å². The number of ether oxygens (including phenoxy) is 3. The minimum atomic E-state index is -3.95. The Morgan fingerprint density at radius 1 is 1.02 bits per heavy atom. The van der Waals surface area contributed by atoms with Crippen LogP contribution < -0.4 is 30.1 Å². The summed E-state index contributed by atoms with van der Waals surface area (Å²) in [5.41, 5.74) is 0.235.